The lowest BCUT2D eigenvalue weighted by atomic mass is 9.98. The molecule has 2 heteroatoms. The maximum Gasteiger partial charge on any atom is 0.0883 e. The van der Waals surface area contributed by atoms with Gasteiger partial charge in [-0.3, -0.25) is 10.3 Å². The average Bonchev–Trinajstić information content (AvgIpc) is 2.28. The lowest BCUT2D eigenvalue weighted by Gasteiger charge is -2.23. The van der Waals surface area contributed by atoms with E-state index in [1.54, 1.807) is 0 Å². The van der Waals surface area contributed by atoms with Crippen LogP contribution in [0.4, 0.5) is 0 Å². The summed E-state index contributed by atoms with van der Waals surface area (Å²) in [7, 11) is 0. The molecule has 0 bridgehead atoms. The molecule has 0 aromatic carbocycles. The third-order valence-electron chi connectivity index (χ3n) is 2.16. The maximum absolute atomic E-state index is 4.19. The minimum Gasteiger partial charge on any atom is -0.294 e. The van der Waals surface area contributed by atoms with Gasteiger partial charge in [0.1, 0.15) is 0 Å². The van der Waals surface area contributed by atoms with Crippen molar-refractivity contribution in [1.29, 1.82) is 0 Å². The molecule has 0 fully saturated rings. The highest BCUT2D eigenvalue weighted by molar-refractivity contribution is 5.65. The fraction of sp³-hybridized carbons (Fsp3) is 0.444. The maximum atomic E-state index is 4.19. The van der Waals surface area contributed by atoms with Crippen molar-refractivity contribution in [3.05, 3.63) is 24.3 Å². The second-order valence-corrected chi connectivity index (χ2v) is 2.93. The second-order valence-electron chi connectivity index (χ2n) is 2.93. The van der Waals surface area contributed by atoms with E-state index >= 15 is 0 Å². The summed E-state index contributed by atoms with van der Waals surface area (Å²) in [6.45, 7) is 0.781. The average molecular weight is 148 g/mol. The van der Waals surface area contributed by atoms with Crippen LogP contribution in [-0.4, -0.2) is 18.9 Å². The summed E-state index contributed by atoms with van der Waals surface area (Å²) in [6, 6.07) is 0.572. The number of aliphatic imine (C=N–C) groups is 1. The number of allylic oxidation sites excluding steroid dienone is 2. The van der Waals surface area contributed by atoms with Crippen LogP contribution in [0.25, 0.3) is 0 Å². The van der Waals surface area contributed by atoms with E-state index in [2.05, 4.69) is 34.6 Å². The fourth-order valence-electron chi connectivity index (χ4n) is 1.50. The largest absolute Gasteiger partial charge is 0.294 e. The van der Waals surface area contributed by atoms with Crippen LogP contribution in [0.1, 0.15) is 6.42 Å². The molecule has 1 heterocycles. The van der Waals surface area contributed by atoms with Crippen LogP contribution in [0.2, 0.25) is 0 Å². The van der Waals surface area contributed by atoms with E-state index in [1.807, 2.05) is 6.21 Å². The summed E-state index contributed by atoms with van der Waals surface area (Å²) < 4.78 is 0. The highest BCUT2D eigenvalue weighted by atomic mass is 15.1. The van der Waals surface area contributed by atoms with Gasteiger partial charge in [-0.25, -0.2) is 0 Å². The summed E-state index contributed by atoms with van der Waals surface area (Å²) >= 11 is 0. The molecule has 2 atom stereocenters. The third-order valence-corrected chi connectivity index (χ3v) is 2.16. The van der Waals surface area contributed by atoms with Gasteiger partial charge in [0.05, 0.1) is 6.67 Å². The van der Waals surface area contributed by atoms with Crippen molar-refractivity contribution in [3.63, 3.8) is 0 Å². The van der Waals surface area contributed by atoms with Gasteiger partial charge in [0.25, 0.3) is 0 Å². The van der Waals surface area contributed by atoms with Gasteiger partial charge in [-0.2, -0.15) is 0 Å². The van der Waals surface area contributed by atoms with Crippen molar-refractivity contribution >= 4 is 6.21 Å². The standard InChI is InChI=1S/C9H12N2/c1-2-4-8-6-10-7-11-9(8)5-3-1/h1-4,6,8-9,11H,5,7H2. The molecule has 2 nitrogen and oxygen atoms in total. The predicted molar refractivity (Wildman–Crippen MR) is 46.7 cm³/mol. The first-order valence-electron chi connectivity index (χ1n) is 4.03. The SMILES string of the molecule is C1=CCC2NCN=CC2C=C1. The summed E-state index contributed by atoms with van der Waals surface area (Å²) in [4.78, 5) is 4.19. The van der Waals surface area contributed by atoms with Crippen molar-refractivity contribution < 1.29 is 0 Å². The Morgan fingerprint density at radius 2 is 2.36 bits per heavy atom. The molecule has 1 N–H and O–H groups in total. The predicted octanol–water partition coefficient (Wildman–Crippen LogP) is 1.12. The molecule has 0 aromatic heterocycles. The van der Waals surface area contributed by atoms with Crippen LogP contribution in [0, 0.1) is 5.92 Å². The number of nitrogens with zero attached hydrogens (tertiary/aromatic N) is 1. The van der Waals surface area contributed by atoms with Crippen LogP contribution in [0.15, 0.2) is 29.3 Å². The Hall–Kier alpha value is -0.890. The van der Waals surface area contributed by atoms with E-state index in [0.29, 0.717) is 12.0 Å². The van der Waals surface area contributed by atoms with E-state index < -0.39 is 0 Å². The zero-order valence-corrected chi connectivity index (χ0v) is 6.40. The molecule has 1 aliphatic heterocycles. The Morgan fingerprint density at radius 3 is 3.36 bits per heavy atom. The first-order chi connectivity index (χ1) is 5.47. The van der Waals surface area contributed by atoms with Crippen LogP contribution in [0.5, 0.6) is 0 Å². The highest BCUT2D eigenvalue weighted by Gasteiger charge is 2.18. The Morgan fingerprint density at radius 1 is 1.36 bits per heavy atom. The molecule has 2 unspecified atom stereocenters. The van der Waals surface area contributed by atoms with Gasteiger partial charge in [-0.15, -0.1) is 0 Å². The van der Waals surface area contributed by atoms with Gasteiger partial charge >= 0.3 is 0 Å². The third kappa shape index (κ3) is 1.40. The molecule has 2 aliphatic rings. The van der Waals surface area contributed by atoms with Crippen LogP contribution in [-0.2, 0) is 0 Å². The van der Waals surface area contributed by atoms with Gasteiger partial charge < -0.3 is 0 Å². The first-order valence-corrected chi connectivity index (χ1v) is 4.03. The summed E-state index contributed by atoms with van der Waals surface area (Å²) in [5.74, 6) is 0.499. The Kier molecular flexibility index (Phi) is 1.86. The Balaban J connectivity index is 2.17. The lowest BCUT2D eigenvalue weighted by molar-refractivity contribution is 0.470. The van der Waals surface area contributed by atoms with E-state index in [-0.39, 0.29) is 0 Å². The number of hydrogen-bond acceptors (Lipinski definition) is 2. The number of fused-ring (bicyclic) bond motifs is 1. The zero-order valence-electron chi connectivity index (χ0n) is 6.40. The zero-order chi connectivity index (χ0) is 7.52. The molecule has 0 radical (unpaired) electrons. The summed E-state index contributed by atoms with van der Waals surface area (Å²) in [6.07, 6.45) is 11.8. The minimum atomic E-state index is 0.499. The van der Waals surface area contributed by atoms with Gasteiger partial charge in [-0.05, 0) is 6.42 Å². The first kappa shape index (κ1) is 6.80. The van der Waals surface area contributed by atoms with Gasteiger partial charge in [-0.1, -0.05) is 24.3 Å². The second kappa shape index (κ2) is 3.01. The van der Waals surface area contributed by atoms with E-state index in [4.69, 9.17) is 0 Å². The van der Waals surface area contributed by atoms with Crippen molar-refractivity contribution in [1.82, 2.24) is 5.32 Å². The smallest absolute Gasteiger partial charge is 0.0883 e. The fourth-order valence-corrected chi connectivity index (χ4v) is 1.50. The molecule has 0 amide bonds. The monoisotopic (exact) mass is 148 g/mol. The number of nitrogens with one attached hydrogen (secondary N) is 1. The topological polar surface area (TPSA) is 24.4 Å². The lowest BCUT2D eigenvalue weighted by Crippen LogP contribution is -2.39. The molecule has 0 saturated heterocycles. The normalized spacial score (nSPS) is 34.9. The van der Waals surface area contributed by atoms with E-state index in [9.17, 15) is 0 Å². The summed E-state index contributed by atoms with van der Waals surface area (Å²) in [5, 5.41) is 3.36. The van der Waals surface area contributed by atoms with E-state index in [1.165, 1.54) is 0 Å². The van der Waals surface area contributed by atoms with Crippen LogP contribution >= 0.6 is 0 Å². The quantitative estimate of drug-likeness (QED) is 0.547. The molecular weight excluding hydrogens is 136 g/mol. The van der Waals surface area contributed by atoms with Crippen molar-refractivity contribution in [3.8, 4) is 0 Å². The van der Waals surface area contributed by atoms with Crippen molar-refractivity contribution in [2.75, 3.05) is 6.67 Å². The molecule has 1 aliphatic carbocycles. The van der Waals surface area contributed by atoms with Crippen molar-refractivity contribution in [2.24, 2.45) is 10.9 Å². The van der Waals surface area contributed by atoms with Crippen molar-refractivity contribution in [2.45, 2.75) is 12.5 Å². The Labute approximate surface area is 66.7 Å². The molecular formula is C9H12N2. The number of hydrogen-bond donors (Lipinski definition) is 1. The minimum absolute atomic E-state index is 0.499. The van der Waals surface area contributed by atoms with E-state index in [0.717, 1.165) is 13.1 Å². The summed E-state index contributed by atoms with van der Waals surface area (Å²) in [5.41, 5.74) is 0. The van der Waals surface area contributed by atoms with Gasteiger partial charge in [0.2, 0.25) is 0 Å². The Bertz CT molecular complexity index is 216. The molecule has 58 valence electrons. The van der Waals surface area contributed by atoms with Gasteiger partial charge in [0.15, 0.2) is 0 Å². The molecule has 11 heavy (non-hydrogen) atoms. The van der Waals surface area contributed by atoms with Gasteiger partial charge in [0, 0.05) is 18.2 Å². The highest BCUT2D eigenvalue weighted by Crippen LogP contribution is 2.14. The molecule has 0 saturated carbocycles. The van der Waals surface area contributed by atoms with Crippen LogP contribution in [0.3, 0.4) is 0 Å². The molecule has 0 spiro atoms. The number of rotatable bonds is 0. The molecule has 2 rings (SSSR count). The molecule has 0 aromatic rings. The van der Waals surface area contributed by atoms with Crippen LogP contribution < -0.4 is 5.32 Å².